The summed E-state index contributed by atoms with van der Waals surface area (Å²) in [7, 11) is 0. The first-order valence-corrected chi connectivity index (χ1v) is 7.41. The molecule has 0 atom stereocenters. The zero-order valence-corrected chi connectivity index (χ0v) is 13.7. The Hall–Kier alpha value is -1.60. The van der Waals surface area contributed by atoms with E-state index in [1.54, 1.807) is 12.1 Å². The largest absolute Gasteiger partial charge is 0.504 e. The van der Waals surface area contributed by atoms with Gasteiger partial charge in [-0.25, -0.2) is 4.39 Å². The summed E-state index contributed by atoms with van der Waals surface area (Å²) in [4.78, 5) is 12.0. The monoisotopic (exact) mass is 417 g/mol. The molecule has 0 saturated carbocycles. The fourth-order valence-electron chi connectivity index (χ4n) is 1.66. The van der Waals surface area contributed by atoms with Crippen molar-refractivity contribution in [1.82, 2.24) is 5.32 Å². The third-order valence-electron chi connectivity index (χ3n) is 2.78. The molecule has 3 N–H and O–H groups in total. The van der Waals surface area contributed by atoms with Gasteiger partial charge in [0.25, 0.3) is 5.91 Å². The number of benzene rings is 2. The normalized spacial score (nSPS) is 10.4. The summed E-state index contributed by atoms with van der Waals surface area (Å²) >= 11 is 6.24. The average molecular weight is 419 g/mol. The number of hydrogen-bond acceptors (Lipinski definition) is 3. The van der Waals surface area contributed by atoms with Crippen molar-refractivity contribution in [2.45, 2.75) is 6.54 Å². The average Bonchev–Trinajstić information content (AvgIpc) is 2.48. The van der Waals surface area contributed by atoms with Gasteiger partial charge in [-0.1, -0.05) is 12.1 Å². The third-order valence-corrected chi connectivity index (χ3v) is 4.74. The highest BCUT2D eigenvalue weighted by atomic mass is 79.9. The highest BCUT2D eigenvalue weighted by Crippen LogP contribution is 2.41. The fraction of sp³-hybridized carbons (Fsp3) is 0.0714. The number of carbonyl (C=O) groups excluding carboxylic acids is 1. The number of hydrogen-bond donors (Lipinski definition) is 3. The molecule has 110 valence electrons. The van der Waals surface area contributed by atoms with E-state index in [-0.39, 0.29) is 22.4 Å². The van der Waals surface area contributed by atoms with E-state index in [9.17, 15) is 19.4 Å². The van der Waals surface area contributed by atoms with Gasteiger partial charge in [-0.15, -0.1) is 0 Å². The molecule has 0 spiro atoms. The van der Waals surface area contributed by atoms with Gasteiger partial charge in [-0.2, -0.15) is 0 Å². The van der Waals surface area contributed by atoms with Crippen molar-refractivity contribution < 1.29 is 19.4 Å². The zero-order chi connectivity index (χ0) is 15.6. The van der Waals surface area contributed by atoms with Crippen LogP contribution in [-0.4, -0.2) is 16.1 Å². The third kappa shape index (κ3) is 3.54. The SMILES string of the molecule is O=C(NCc1ccc(F)cc1)c1cc(Br)c(Br)c(O)c1O. The highest BCUT2D eigenvalue weighted by Gasteiger charge is 2.19. The number of halogens is 3. The van der Waals surface area contributed by atoms with Crippen LogP contribution in [0.25, 0.3) is 0 Å². The molecule has 21 heavy (non-hydrogen) atoms. The highest BCUT2D eigenvalue weighted by molar-refractivity contribution is 9.13. The van der Waals surface area contributed by atoms with Crippen LogP contribution in [0.2, 0.25) is 0 Å². The Morgan fingerprint density at radius 3 is 2.38 bits per heavy atom. The van der Waals surface area contributed by atoms with E-state index in [1.807, 2.05) is 0 Å². The second-order valence-corrected chi connectivity index (χ2v) is 5.87. The summed E-state index contributed by atoms with van der Waals surface area (Å²) in [5.41, 5.74) is 0.648. The molecule has 7 heteroatoms. The lowest BCUT2D eigenvalue weighted by molar-refractivity contribution is 0.0947. The van der Waals surface area contributed by atoms with Gasteiger partial charge in [0.2, 0.25) is 0 Å². The quantitative estimate of drug-likeness (QED) is 0.665. The maximum absolute atomic E-state index is 12.8. The summed E-state index contributed by atoms with van der Waals surface area (Å²) in [5, 5.41) is 22.1. The Kier molecular flexibility index (Phi) is 4.84. The minimum Gasteiger partial charge on any atom is -0.504 e. The van der Waals surface area contributed by atoms with E-state index < -0.39 is 17.4 Å². The van der Waals surface area contributed by atoms with Crippen molar-refractivity contribution in [3.05, 3.63) is 56.2 Å². The molecule has 1 amide bonds. The van der Waals surface area contributed by atoms with Gasteiger partial charge in [-0.3, -0.25) is 4.79 Å². The van der Waals surface area contributed by atoms with Crippen LogP contribution < -0.4 is 5.32 Å². The lowest BCUT2D eigenvalue weighted by atomic mass is 10.1. The maximum atomic E-state index is 12.8. The summed E-state index contributed by atoms with van der Waals surface area (Å²) in [6, 6.07) is 7.07. The molecule has 0 fully saturated rings. The minimum atomic E-state index is -0.555. The van der Waals surface area contributed by atoms with E-state index >= 15 is 0 Å². The summed E-state index contributed by atoms with van der Waals surface area (Å²) in [5.74, 6) is -1.84. The number of carbonyl (C=O) groups is 1. The van der Waals surface area contributed by atoms with E-state index in [1.165, 1.54) is 18.2 Å². The van der Waals surface area contributed by atoms with Gasteiger partial charge in [0, 0.05) is 11.0 Å². The summed E-state index contributed by atoms with van der Waals surface area (Å²) in [6.45, 7) is 0.174. The molecule has 0 saturated heterocycles. The molecule has 0 bridgehead atoms. The Morgan fingerprint density at radius 1 is 1.14 bits per heavy atom. The van der Waals surface area contributed by atoms with Crippen molar-refractivity contribution in [2.24, 2.45) is 0 Å². The van der Waals surface area contributed by atoms with Gasteiger partial charge < -0.3 is 15.5 Å². The predicted molar refractivity (Wildman–Crippen MR) is 82.7 cm³/mol. The molecule has 4 nitrogen and oxygen atoms in total. The molecule has 2 rings (SSSR count). The number of rotatable bonds is 3. The van der Waals surface area contributed by atoms with Gasteiger partial charge in [-0.05, 0) is 55.6 Å². The van der Waals surface area contributed by atoms with E-state index in [0.717, 1.165) is 0 Å². The van der Waals surface area contributed by atoms with Crippen molar-refractivity contribution >= 4 is 37.8 Å². The first-order valence-electron chi connectivity index (χ1n) is 5.82. The first-order chi connectivity index (χ1) is 9.90. The molecule has 0 heterocycles. The number of aromatic hydroxyl groups is 2. The fourth-order valence-corrected chi connectivity index (χ4v) is 2.37. The topological polar surface area (TPSA) is 69.6 Å². The molecule has 0 unspecified atom stereocenters. The van der Waals surface area contributed by atoms with Gasteiger partial charge >= 0.3 is 0 Å². The Morgan fingerprint density at radius 2 is 1.76 bits per heavy atom. The van der Waals surface area contributed by atoms with Crippen LogP contribution >= 0.6 is 31.9 Å². The lowest BCUT2D eigenvalue weighted by Gasteiger charge is -2.10. The number of amides is 1. The Bertz CT molecular complexity index is 690. The molecular weight excluding hydrogens is 409 g/mol. The molecular formula is C14H10Br2FNO3. The van der Waals surface area contributed by atoms with Crippen LogP contribution in [-0.2, 0) is 6.54 Å². The maximum Gasteiger partial charge on any atom is 0.255 e. The smallest absolute Gasteiger partial charge is 0.255 e. The van der Waals surface area contributed by atoms with Crippen molar-refractivity contribution in [3.63, 3.8) is 0 Å². The van der Waals surface area contributed by atoms with Crippen LogP contribution in [0.5, 0.6) is 11.5 Å². The number of phenols is 2. The van der Waals surface area contributed by atoms with Crippen molar-refractivity contribution in [3.8, 4) is 11.5 Å². The van der Waals surface area contributed by atoms with E-state index in [0.29, 0.717) is 10.0 Å². The van der Waals surface area contributed by atoms with Gasteiger partial charge in [0.15, 0.2) is 11.5 Å². The van der Waals surface area contributed by atoms with E-state index in [2.05, 4.69) is 37.2 Å². The standard InChI is InChI=1S/C14H10Br2FNO3/c15-10-5-9(12(19)13(20)11(10)16)14(21)18-6-7-1-3-8(17)4-2-7/h1-5,19-20H,6H2,(H,18,21). The molecule has 0 aliphatic rings. The Balaban J connectivity index is 2.16. The van der Waals surface area contributed by atoms with Crippen LogP contribution in [0, 0.1) is 5.82 Å². The second-order valence-electron chi connectivity index (χ2n) is 4.23. The molecule has 0 radical (unpaired) electrons. The summed E-state index contributed by atoms with van der Waals surface area (Å²) < 4.78 is 13.5. The predicted octanol–water partition coefficient (Wildman–Crippen LogP) is 3.69. The lowest BCUT2D eigenvalue weighted by Crippen LogP contribution is -2.23. The Labute approximate surface area is 136 Å². The molecule has 0 aliphatic carbocycles. The van der Waals surface area contributed by atoms with Crippen molar-refractivity contribution in [2.75, 3.05) is 0 Å². The van der Waals surface area contributed by atoms with E-state index in [4.69, 9.17) is 0 Å². The van der Waals surface area contributed by atoms with Crippen LogP contribution in [0.4, 0.5) is 4.39 Å². The number of nitrogens with one attached hydrogen (secondary N) is 1. The minimum absolute atomic E-state index is 0.0651. The van der Waals surface area contributed by atoms with Crippen LogP contribution in [0.1, 0.15) is 15.9 Å². The van der Waals surface area contributed by atoms with Gasteiger partial charge in [0.1, 0.15) is 5.82 Å². The molecule has 2 aromatic carbocycles. The van der Waals surface area contributed by atoms with Crippen LogP contribution in [0.3, 0.4) is 0 Å². The van der Waals surface area contributed by atoms with Crippen LogP contribution in [0.15, 0.2) is 39.3 Å². The summed E-state index contributed by atoms with van der Waals surface area (Å²) in [6.07, 6.45) is 0. The second kappa shape index (κ2) is 6.44. The first kappa shape index (κ1) is 15.8. The molecule has 0 aromatic heterocycles. The van der Waals surface area contributed by atoms with Crippen molar-refractivity contribution in [1.29, 1.82) is 0 Å². The number of phenolic OH excluding ortho intramolecular Hbond substituents is 2. The zero-order valence-electron chi connectivity index (χ0n) is 10.5. The van der Waals surface area contributed by atoms with Gasteiger partial charge in [0.05, 0.1) is 10.0 Å². The molecule has 2 aromatic rings. The molecule has 0 aliphatic heterocycles.